The molecule has 4 heteroatoms. The van der Waals surface area contributed by atoms with Crippen molar-refractivity contribution >= 4 is 45.9 Å². The van der Waals surface area contributed by atoms with Crippen LogP contribution in [-0.4, -0.2) is 17.0 Å². The summed E-state index contributed by atoms with van der Waals surface area (Å²) in [5.74, 6) is 1.05. The number of rotatable bonds is 3. The summed E-state index contributed by atoms with van der Waals surface area (Å²) in [5.41, 5.74) is 5.20. The third kappa shape index (κ3) is 9.87. The SMILES string of the molecule is Br.CSCCC(N)=S. The molecule has 50 valence electrons. The summed E-state index contributed by atoms with van der Waals surface area (Å²) in [6.45, 7) is 0. The van der Waals surface area contributed by atoms with Crippen molar-refractivity contribution in [2.45, 2.75) is 6.42 Å². The first-order chi connectivity index (χ1) is 3.27. The third-order valence-corrected chi connectivity index (χ3v) is 1.37. The molecule has 0 aromatic rings. The standard InChI is InChI=1S/C4H9NS2.BrH/c1-7-3-2-4(5)6;/h2-3H2,1H3,(H2,5,6);1H. The second-order valence-electron chi connectivity index (χ2n) is 1.21. The van der Waals surface area contributed by atoms with Crippen LogP contribution in [0.3, 0.4) is 0 Å². The molecule has 8 heavy (non-hydrogen) atoms. The highest BCUT2D eigenvalue weighted by molar-refractivity contribution is 8.93. The van der Waals surface area contributed by atoms with Gasteiger partial charge in [-0.2, -0.15) is 11.8 Å². The van der Waals surface area contributed by atoms with Crippen LogP contribution in [0.1, 0.15) is 6.42 Å². The number of nitrogens with two attached hydrogens (primary N) is 1. The monoisotopic (exact) mass is 215 g/mol. The largest absolute Gasteiger partial charge is 0.393 e. The van der Waals surface area contributed by atoms with Gasteiger partial charge in [-0.15, -0.1) is 17.0 Å². The fourth-order valence-electron chi connectivity index (χ4n) is 0.203. The molecule has 0 rings (SSSR count). The van der Waals surface area contributed by atoms with E-state index >= 15 is 0 Å². The van der Waals surface area contributed by atoms with Crippen molar-refractivity contribution < 1.29 is 0 Å². The molecule has 0 unspecified atom stereocenters. The number of hydrogen-bond donors (Lipinski definition) is 1. The highest BCUT2D eigenvalue weighted by Gasteiger charge is 1.84. The normalized spacial score (nSPS) is 7.62. The Morgan fingerprint density at radius 1 is 1.75 bits per heavy atom. The average Bonchev–Trinajstić information content (AvgIpc) is 1.61. The van der Waals surface area contributed by atoms with Crippen LogP contribution >= 0.6 is 41.0 Å². The van der Waals surface area contributed by atoms with Crippen LogP contribution in [0.25, 0.3) is 0 Å². The molecule has 0 fully saturated rings. The zero-order valence-corrected chi connectivity index (χ0v) is 8.06. The number of halogens is 1. The van der Waals surface area contributed by atoms with Crippen molar-refractivity contribution in [2.75, 3.05) is 12.0 Å². The van der Waals surface area contributed by atoms with Crippen molar-refractivity contribution in [3.63, 3.8) is 0 Å². The molecule has 0 aromatic carbocycles. The topological polar surface area (TPSA) is 26.0 Å². The van der Waals surface area contributed by atoms with Gasteiger partial charge < -0.3 is 5.73 Å². The molecule has 1 nitrogen and oxygen atoms in total. The number of hydrogen-bond acceptors (Lipinski definition) is 2. The first kappa shape index (κ1) is 11.5. The van der Waals surface area contributed by atoms with Gasteiger partial charge in [-0.25, -0.2) is 0 Å². The Bertz CT molecular complexity index is 67.1. The highest BCUT2D eigenvalue weighted by Crippen LogP contribution is 1.93. The Kier molecular flexibility index (Phi) is 11.1. The Morgan fingerprint density at radius 2 is 2.25 bits per heavy atom. The van der Waals surface area contributed by atoms with E-state index in [0.29, 0.717) is 4.99 Å². The quantitative estimate of drug-likeness (QED) is 0.726. The Morgan fingerprint density at radius 3 is 2.38 bits per heavy atom. The summed E-state index contributed by atoms with van der Waals surface area (Å²) < 4.78 is 0. The molecule has 0 heterocycles. The van der Waals surface area contributed by atoms with E-state index in [1.54, 1.807) is 11.8 Å². The van der Waals surface area contributed by atoms with Crippen LogP contribution in [0, 0.1) is 0 Å². The van der Waals surface area contributed by atoms with E-state index in [4.69, 9.17) is 5.73 Å². The minimum absolute atomic E-state index is 0. The van der Waals surface area contributed by atoms with Crippen LogP contribution in [0.4, 0.5) is 0 Å². The molecule has 2 N–H and O–H groups in total. The van der Waals surface area contributed by atoms with Gasteiger partial charge in [-0.05, 0) is 12.0 Å². The maximum atomic E-state index is 5.20. The van der Waals surface area contributed by atoms with Crippen molar-refractivity contribution in [3.8, 4) is 0 Å². The molecule has 0 aliphatic rings. The molecular formula is C4H10BrNS2. The van der Waals surface area contributed by atoms with Crippen molar-refractivity contribution in [1.82, 2.24) is 0 Å². The van der Waals surface area contributed by atoms with E-state index in [-0.39, 0.29) is 17.0 Å². The molecule has 0 aromatic heterocycles. The summed E-state index contributed by atoms with van der Waals surface area (Å²) >= 11 is 6.39. The van der Waals surface area contributed by atoms with Crippen LogP contribution in [-0.2, 0) is 0 Å². The predicted octanol–water partition coefficient (Wildman–Crippen LogP) is 1.60. The summed E-state index contributed by atoms with van der Waals surface area (Å²) in [6.07, 6.45) is 2.91. The number of thiocarbonyl (C=S) groups is 1. The molecule has 0 saturated carbocycles. The van der Waals surface area contributed by atoms with E-state index in [2.05, 4.69) is 12.2 Å². The van der Waals surface area contributed by atoms with Crippen molar-refractivity contribution in [1.29, 1.82) is 0 Å². The third-order valence-electron chi connectivity index (χ3n) is 0.553. The van der Waals surface area contributed by atoms with Gasteiger partial charge in [0.05, 0.1) is 4.99 Å². The zero-order valence-electron chi connectivity index (χ0n) is 4.72. The van der Waals surface area contributed by atoms with E-state index in [9.17, 15) is 0 Å². The van der Waals surface area contributed by atoms with Crippen LogP contribution in [0.5, 0.6) is 0 Å². The fraction of sp³-hybridized carbons (Fsp3) is 0.750. The van der Waals surface area contributed by atoms with E-state index in [0.717, 1.165) is 12.2 Å². The van der Waals surface area contributed by atoms with Crippen LogP contribution in [0.2, 0.25) is 0 Å². The van der Waals surface area contributed by atoms with E-state index < -0.39 is 0 Å². The fourth-order valence-corrected chi connectivity index (χ4v) is 0.858. The summed E-state index contributed by atoms with van der Waals surface area (Å²) in [5, 5.41) is 0. The van der Waals surface area contributed by atoms with Gasteiger partial charge in [0.15, 0.2) is 0 Å². The van der Waals surface area contributed by atoms with Crippen LogP contribution < -0.4 is 5.73 Å². The lowest BCUT2D eigenvalue weighted by Gasteiger charge is -1.90. The lowest BCUT2D eigenvalue weighted by Crippen LogP contribution is -2.07. The van der Waals surface area contributed by atoms with Gasteiger partial charge in [0.2, 0.25) is 0 Å². The predicted molar refractivity (Wildman–Crippen MR) is 50.1 cm³/mol. The lowest BCUT2D eigenvalue weighted by molar-refractivity contribution is 1.32. The van der Waals surface area contributed by atoms with Crippen molar-refractivity contribution in [2.24, 2.45) is 5.73 Å². The molecule has 0 saturated heterocycles. The zero-order chi connectivity index (χ0) is 5.70. The maximum Gasteiger partial charge on any atom is 0.0735 e. The molecule has 0 atom stereocenters. The minimum atomic E-state index is 0. The van der Waals surface area contributed by atoms with E-state index in [1.165, 1.54) is 0 Å². The smallest absolute Gasteiger partial charge is 0.0735 e. The minimum Gasteiger partial charge on any atom is -0.393 e. The summed E-state index contributed by atoms with van der Waals surface area (Å²) in [4.78, 5) is 0.620. The van der Waals surface area contributed by atoms with Crippen molar-refractivity contribution in [3.05, 3.63) is 0 Å². The Labute approximate surface area is 70.2 Å². The highest BCUT2D eigenvalue weighted by atomic mass is 79.9. The summed E-state index contributed by atoms with van der Waals surface area (Å²) in [6, 6.07) is 0. The van der Waals surface area contributed by atoms with Crippen LogP contribution in [0.15, 0.2) is 0 Å². The Hall–Kier alpha value is 0.720. The van der Waals surface area contributed by atoms with Gasteiger partial charge in [0.1, 0.15) is 0 Å². The molecule has 0 radical (unpaired) electrons. The second kappa shape index (κ2) is 7.72. The molecule has 0 aliphatic heterocycles. The van der Waals surface area contributed by atoms with Gasteiger partial charge in [0, 0.05) is 6.42 Å². The average molecular weight is 216 g/mol. The molecule has 0 bridgehead atoms. The number of thioether (sulfide) groups is 1. The van der Waals surface area contributed by atoms with Gasteiger partial charge in [-0.1, -0.05) is 12.2 Å². The van der Waals surface area contributed by atoms with Gasteiger partial charge in [0.25, 0.3) is 0 Å². The molecule has 0 spiro atoms. The lowest BCUT2D eigenvalue weighted by atomic mass is 10.5. The first-order valence-electron chi connectivity index (χ1n) is 2.04. The second-order valence-corrected chi connectivity index (χ2v) is 2.72. The van der Waals surface area contributed by atoms with Gasteiger partial charge in [-0.3, -0.25) is 0 Å². The molecule has 0 amide bonds. The maximum absolute atomic E-state index is 5.20. The summed E-state index contributed by atoms with van der Waals surface area (Å²) in [7, 11) is 0. The molecular weight excluding hydrogens is 206 g/mol. The van der Waals surface area contributed by atoms with Gasteiger partial charge >= 0.3 is 0 Å². The van der Waals surface area contributed by atoms with E-state index in [1.807, 2.05) is 6.26 Å². The first-order valence-corrected chi connectivity index (χ1v) is 3.85. The Balaban J connectivity index is 0. The molecule has 0 aliphatic carbocycles.